The zero-order valence-corrected chi connectivity index (χ0v) is 25.6. The summed E-state index contributed by atoms with van der Waals surface area (Å²) in [5.74, 6) is -7.10. The number of carbonyl (C=O) groups excluding carboxylic acids is 3. The SMILES string of the molecule is CC(C)c1cc(NCc2cccnc2)c(O)c2c1C[C@]1(C)C[C@]3(C)[C@@H](C(C)C)C(O)[C@@H](C(N)=O)C(=O)[C@]3(O)C(O)[C@H]1C2=O. The van der Waals surface area contributed by atoms with E-state index in [0.29, 0.717) is 24.2 Å². The van der Waals surface area contributed by atoms with Crippen LogP contribution in [0.4, 0.5) is 5.69 Å². The van der Waals surface area contributed by atoms with Gasteiger partial charge in [-0.2, -0.15) is 0 Å². The third kappa shape index (κ3) is 4.32. The molecule has 0 aliphatic heterocycles. The minimum Gasteiger partial charge on any atom is -0.505 e. The van der Waals surface area contributed by atoms with E-state index in [0.717, 1.165) is 11.1 Å². The summed E-state index contributed by atoms with van der Waals surface area (Å²) in [5, 5.41) is 50.3. The van der Waals surface area contributed by atoms with E-state index < -0.39 is 63.9 Å². The molecule has 1 amide bonds. The Balaban J connectivity index is 1.67. The second-order valence-electron chi connectivity index (χ2n) is 14.1. The molecule has 0 saturated heterocycles. The first-order valence-corrected chi connectivity index (χ1v) is 15.0. The van der Waals surface area contributed by atoms with Crippen LogP contribution in [0.25, 0.3) is 0 Å². The van der Waals surface area contributed by atoms with Crippen LogP contribution in [0.2, 0.25) is 0 Å². The van der Waals surface area contributed by atoms with E-state index in [1.54, 1.807) is 25.4 Å². The Hall–Kier alpha value is -3.34. The molecule has 43 heavy (non-hydrogen) atoms. The van der Waals surface area contributed by atoms with Crippen molar-refractivity contribution in [2.45, 2.75) is 84.7 Å². The van der Waals surface area contributed by atoms with Crippen LogP contribution in [-0.4, -0.2) is 60.7 Å². The first-order valence-electron chi connectivity index (χ1n) is 15.0. The van der Waals surface area contributed by atoms with Gasteiger partial charge in [-0.05, 0) is 64.8 Å². The molecule has 1 aromatic carbocycles. The lowest BCUT2D eigenvalue weighted by molar-refractivity contribution is -0.265. The molecular weight excluding hydrogens is 550 g/mol. The van der Waals surface area contributed by atoms with Gasteiger partial charge in [0.15, 0.2) is 17.2 Å². The smallest absolute Gasteiger partial charge is 0.230 e. The third-order valence-electron chi connectivity index (χ3n) is 10.6. The molecule has 3 aliphatic carbocycles. The van der Waals surface area contributed by atoms with Crippen LogP contribution >= 0.6 is 0 Å². The Kier molecular flexibility index (Phi) is 7.51. The van der Waals surface area contributed by atoms with Gasteiger partial charge in [0, 0.05) is 24.4 Å². The standard InChI is InChI=1S/C33H43N3O7/c1-15(2)18-10-20(36-13-17-8-7-9-35-12-17)25(37)21-19(18)11-31(5)14-32(6)23(16(3)4)27(39)22(30(34)42)28(40)33(32,43)29(41)24(31)26(21)38/h7-10,12,15-16,22-24,27,29,36-37,39,41,43H,11,13-14H2,1-6H3,(H2,34,42)/t22-,23+,24-,27?,29?,31-,32-,33+/m1/s1. The highest BCUT2D eigenvalue weighted by Gasteiger charge is 2.76. The molecule has 10 nitrogen and oxygen atoms in total. The van der Waals surface area contributed by atoms with Gasteiger partial charge in [0.1, 0.15) is 17.8 Å². The number of nitrogens with two attached hydrogens (primary N) is 1. The Morgan fingerprint density at radius 2 is 1.86 bits per heavy atom. The number of nitrogens with one attached hydrogen (secondary N) is 1. The normalized spacial score (nSPS) is 35.4. The van der Waals surface area contributed by atoms with Crippen molar-refractivity contribution in [2.24, 2.45) is 40.2 Å². The number of rotatable bonds is 6. The van der Waals surface area contributed by atoms with Crippen LogP contribution in [-0.2, 0) is 22.6 Å². The van der Waals surface area contributed by atoms with Crippen molar-refractivity contribution in [1.29, 1.82) is 0 Å². The molecule has 0 bridgehead atoms. The maximum atomic E-state index is 14.5. The molecule has 232 valence electrons. The van der Waals surface area contributed by atoms with E-state index in [1.165, 1.54) is 0 Å². The fourth-order valence-electron chi connectivity index (χ4n) is 8.98. The number of primary amides is 1. The van der Waals surface area contributed by atoms with Crippen LogP contribution in [0.5, 0.6) is 5.75 Å². The number of benzene rings is 1. The van der Waals surface area contributed by atoms with Crippen molar-refractivity contribution in [3.05, 3.63) is 52.8 Å². The summed E-state index contributed by atoms with van der Waals surface area (Å²) in [6, 6.07) is 5.54. The molecule has 7 N–H and O–H groups in total. The molecular formula is C33H43N3O7. The van der Waals surface area contributed by atoms with Crippen molar-refractivity contribution in [3.63, 3.8) is 0 Å². The summed E-state index contributed by atoms with van der Waals surface area (Å²) in [5.41, 5.74) is 3.50. The highest BCUT2D eigenvalue weighted by Crippen LogP contribution is 2.66. The van der Waals surface area contributed by atoms with Crippen molar-refractivity contribution in [2.75, 3.05) is 5.32 Å². The topological polar surface area (TPSA) is 183 Å². The molecule has 3 aliphatic rings. The Morgan fingerprint density at radius 1 is 1.19 bits per heavy atom. The number of carbonyl (C=O) groups is 3. The molecule has 2 unspecified atom stereocenters. The van der Waals surface area contributed by atoms with Gasteiger partial charge >= 0.3 is 0 Å². The quantitative estimate of drug-likeness (QED) is 0.217. The van der Waals surface area contributed by atoms with E-state index in [4.69, 9.17) is 5.73 Å². The number of Topliss-reactive ketones (excluding diaryl/α,β-unsaturated/α-hetero) is 2. The number of hydrogen-bond acceptors (Lipinski definition) is 9. The largest absolute Gasteiger partial charge is 0.505 e. The maximum Gasteiger partial charge on any atom is 0.230 e. The van der Waals surface area contributed by atoms with Crippen molar-refractivity contribution < 1.29 is 34.8 Å². The summed E-state index contributed by atoms with van der Waals surface area (Å²) in [4.78, 5) is 44.9. The minimum atomic E-state index is -2.54. The van der Waals surface area contributed by atoms with Crippen LogP contribution in [0, 0.1) is 34.5 Å². The number of phenols is 1. The monoisotopic (exact) mass is 593 g/mol. The van der Waals surface area contributed by atoms with Gasteiger partial charge in [-0.15, -0.1) is 0 Å². The van der Waals surface area contributed by atoms with E-state index in [1.807, 2.05) is 46.8 Å². The van der Waals surface area contributed by atoms with Crippen LogP contribution in [0.1, 0.15) is 80.9 Å². The van der Waals surface area contributed by atoms with Gasteiger partial charge in [-0.1, -0.05) is 47.6 Å². The third-order valence-corrected chi connectivity index (χ3v) is 10.6. The van der Waals surface area contributed by atoms with E-state index in [2.05, 4.69) is 10.3 Å². The summed E-state index contributed by atoms with van der Waals surface area (Å²) in [7, 11) is 0. The second-order valence-corrected chi connectivity index (χ2v) is 14.1. The summed E-state index contributed by atoms with van der Waals surface area (Å²) in [6.45, 7) is 11.5. The molecule has 0 spiro atoms. The number of aromatic nitrogens is 1. The second kappa shape index (κ2) is 10.4. The number of aliphatic hydroxyl groups is 3. The van der Waals surface area contributed by atoms with Crippen molar-refractivity contribution >= 4 is 23.2 Å². The Morgan fingerprint density at radius 3 is 2.42 bits per heavy atom. The van der Waals surface area contributed by atoms with Crippen molar-refractivity contribution in [1.82, 2.24) is 4.98 Å². The Labute approximate surface area is 251 Å². The number of nitrogens with zero attached hydrogens (tertiary/aromatic N) is 1. The summed E-state index contributed by atoms with van der Waals surface area (Å²) < 4.78 is 0. The molecule has 10 heteroatoms. The lowest BCUT2D eigenvalue weighted by Crippen LogP contribution is -2.79. The van der Waals surface area contributed by atoms with Gasteiger partial charge in [0.25, 0.3) is 0 Å². The predicted molar refractivity (Wildman–Crippen MR) is 159 cm³/mol. The number of hydrogen-bond donors (Lipinski definition) is 6. The molecule has 5 rings (SSSR count). The van der Waals surface area contributed by atoms with Crippen LogP contribution in [0.15, 0.2) is 30.6 Å². The molecule has 2 fully saturated rings. The fraction of sp³-hybridized carbons (Fsp3) is 0.576. The fourth-order valence-corrected chi connectivity index (χ4v) is 8.98. The zero-order valence-electron chi connectivity index (χ0n) is 25.6. The maximum absolute atomic E-state index is 14.5. The number of pyridine rings is 1. The minimum absolute atomic E-state index is 0.0138. The Bertz CT molecular complexity index is 1480. The highest BCUT2D eigenvalue weighted by atomic mass is 16.4. The van der Waals surface area contributed by atoms with Gasteiger partial charge in [-0.25, -0.2) is 0 Å². The number of ketones is 2. The zero-order chi connectivity index (χ0) is 31.8. The molecule has 2 saturated carbocycles. The van der Waals surface area contributed by atoms with Gasteiger partial charge in [0.05, 0.1) is 23.3 Å². The highest BCUT2D eigenvalue weighted by molar-refractivity contribution is 6.09. The lowest BCUT2D eigenvalue weighted by atomic mass is 9.39. The molecule has 0 radical (unpaired) electrons. The first-order chi connectivity index (χ1) is 20.0. The lowest BCUT2D eigenvalue weighted by Gasteiger charge is -2.66. The number of anilines is 1. The van der Waals surface area contributed by atoms with Gasteiger partial charge in [0.2, 0.25) is 5.91 Å². The predicted octanol–water partition coefficient (Wildman–Crippen LogP) is 2.70. The van der Waals surface area contributed by atoms with Crippen molar-refractivity contribution in [3.8, 4) is 5.75 Å². The first kappa shape index (κ1) is 31.1. The van der Waals surface area contributed by atoms with Crippen LogP contribution < -0.4 is 11.1 Å². The molecule has 2 aromatic rings. The summed E-state index contributed by atoms with van der Waals surface area (Å²) >= 11 is 0. The molecule has 8 atom stereocenters. The summed E-state index contributed by atoms with van der Waals surface area (Å²) in [6.07, 6.45) is 0.389. The number of fused-ring (bicyclic) bond motifs is 3. The molecule has 1 aromatic heterocycles. The van der Waals surface area contributed by atoms with Gasteiger partial charge < -0.3 is 31.5 Å². The van der Waals surface area contributed by atoms with E-state index >= 15 is 0 Å². The number of aliphatic hydroxyl groups excluding tert-OH is 2. The average Bonchev–Trinajstić information content (AvgIpc) is 2.90. The van der Waals surface area contributed by atoms with Crippen LogP contribution in [0.3, 0.4) is 0 Å². The van der Waals surface area contributed by atoms with E-state index in [9.17, 15) is 34.8 Å². The number of amides is 1. The number of aromatic hydroxyl groups is 1. The number of phenolic OH excluding ortho intramolecular Hbond substituents is 1. The van der Waals surface area contributed by atoms with E-state index in [-0.39, 0.29) is 29.6 Å². The van der Waals surface area contributed by atoms with Gasteiger partial charge in [-0.3, -0.25) is 19.4 Å². The average molecular weight is 594 g/mol. The molecule has 1 heterocycles.